The van der Waals surface area contributed by atoms with Gasteiger partial charge in [-0.05, 0) is 73.0 Å². The van der Waals surface area contributed by atoms with Crippen LogP contribution in [0.3, 0.4) is 0 Å². The largest absolute Gasteiger partial charge is 0.284 e. The van der Waals surface area contributed by atoms with E-state index in [0.717, 1.165) is 38.1 Å². The van der Waals surface area contributed by atoms with Gasteiger partial charge >= 0.3 is 0 Å². The van der Waals surface area contributed by atoms with Gasteiger partial charge in [0.1, 0.15) is 0 Å². The minimum atomic E-state index is 0.110. The number of amides is 1. The van der Waals surface area contributed by atoms with Gasteiger partial charge in [0.05, 0.1) is 16.8 Å². The number of halogens is 1. The molecule has 0 saturated carbocycles. The Bertz CT molecular complexity index is 1210. The highest BCUT2D eigenvalue weighted by molar-refractivity contribution is 7.99. The summed E-state index contributed by atoms with van der Waals surface area (Å²) in [6, 6.07) is 22.2. The number of hydrogen-bond donors (Lipinski definition) is 0. The lowest BCUT2D eigenvalue weighted by Gasteiger charge is -2.20. The third-order valence-corrected chi connectivity index (χ3v) is 7.72. The van der Waals surface area contributed by atoms with E-state index in [-0.39, 0.29) is 5.91 Å². The number of nitrogens with zero attached hydrogens (tertiary/aromatic N) is 2. The number of carbonyl (C=O) groups excluding carboxylic acids is 1. The van der Waals surface area contributed by atoms with Gasteiger partial charge in [-0.1, -0.05) is 59.3 Å². The summed E-state index contributed by atoms with van der Waals surface area (Å²) in [5.74, 6) is 0.990. The molecule has 0 unspecified atom stereocenters. The first kappa shape index (κ1) is 22.8. The number of anilines is 1. The van der Waals surface area contributed by atoms with Crippen LogP contribution in [0.25, 0.3) is 10.2 Å². The van der Waals surface area contributed by atoms with E-state index >= 15 is 0 Å². The molecule has 164 valence electrons. The summed E-state index contributed by atoms with van der Waals surface area (Å²) in [6.45, 7) is 4.72. The zero-order chi connectivity index (χ0) is 22.5. The Labute approximate surface area is 202 Å². The van der Waals surface area contributed by atoms with E-state index in [2.05, 4.69) is 38.1 Å². The van der Waals surface area contributed by atoms with Gasteiger partial charge in [-0.3, -0.25) is 9.69 Å². The van der Waals surface area contributed by atoms with Gasteiger partial charge in [-0.2, -0.15) is 0 Å². The molecule has 0 radical (unpaired) electrons. The lowest BCUT2D eigenvalue weighted by molar-refractivity contribution is -0.118. The Balaban J connectivity index is 1.49. The molecule has 0 fully saturated rings. The molecule has 0 atom stereocenters. The predicted molar refractivity (Wildman–Crippen MR) is 138 cm³/mol. The molecule has 6 heteroatoms. The Morgan fingerprint density at radius 3 is 2.56 bits per heavy atom. The molecule has 1 amide bonds. The number of hydrogen-bond acceptors (Lipinski definition) is 4. The second-order valence-electron chi connectivity index (χ2n) is 7.80. The molecule has 0 bridgehead atoms. The van der Waals surface area contributed by atoms with Crippen LogP contribution >= 0.6 is 34.7 Å². The summed E-state index contributed by atoms with van der Waals surface area (Å²) < 4.78 is 1.15. The van der Waals surface area contributed by atoms with Crippen molar-refractivity contribution in [3.63, 3.8) is 0 Å². The number of thioether (sulfide) groups is 1. The van der Waals surface area contributed by atoms with Crippen molar-refractivity contribution in [1.82, 2.24) is 4.98 Å². The fraction of sp³-hybridized carbons (Fsp3) is 0.231. The van der Waals surface area contributed by atoms with E-state index in [4.69, 9.17) is 16.6 Å². The summed E-state index contributed by atoms with van der Waals surface area (Å²) >= 11 is 9.31. The van der Waals surface area contributed by atoms with Crippen LogP contribution in [0.2, 0.25) is 5.02 Å². The van der Waals surface area contributed by atoms with Crippen molar-refractivity contribution in [2.45, 2.75) is 38.1 Å². The number of benzene rings is 3. The van der Waals surface area contributed by atoms with Crippen LogP contribution in [0.15, 0.2) is 71.6 Å². The third kappa shape index (κ3) is 5.71. The molecule has 0 N–H and O–H groups in total. The minimum Gasteiger partial charge on any atom is -0.284 e. The summed E-state index contributed by atoms with van der Waals surface area (Å²) in [7, 11) is 0. The van der Waals surface area contributed by atoms with Crippen molar-refractivity contribution in [3.8, 4) is 0 Å². The average Bonchev–Trinajstić information content (AvgIpc) is 3.21. The van der Waals surface area contributed by atoms with Gasteiger partial charge in [0.2, 0.25) is 5.91 Å². The highest BCUT2D eigenvalue weighted by Gasteiger charge is 2.20. The highest BCUT2D eigenvalue weighted by Crippen LogP contribution is 2.33. The van der Waals surface area contributed by atoms with Crippen LogP contribution in [-0.2, 0) is 11.3 Å². The van der Waals surface area contributed by atoms with Crippen molar-refractivity contribution in [2.75, 3.05) is 10.7 Å². The Hall–Kier alpha value is -2.34. The summed E-state index contributed by atoms with van der Waals surface area (Å²) in [5, 5.41) is 1.51. The zero-order valence-electron chi connectivity index (χ0n) is 18.2. The van der Waals surface area contributed by atoms with Gasteiger partial charge < -0.3 is 0 Å². The molecular weight excluding hydrogens is 456 g/mol. The second kappa shape index (κ2) is 10.5. The van der Waals surface area contributed by atoms with Crippen LogP contribution in [0.4, 0.5) is 5.13 Å². The number of aryl methyl sites for hydroxylation is 2. The first-order valence-electron chi connectivity index (χ1n) is 10.6. The van der Waals surface area contributed by atoms with Gasteiger partial charge in [-0.25, -0.2) is 4.98 Å². The van der Waals surface area contributed by atoms with Crippen LogP contribution < -0.4 is 4.90 Å². The fourth-order valence-electron chi connectivity index (χ4n) is 3.59. The molecule has 0 aliphatic carbocycles. The number of carbonyl (C=O) groups is 1. The zero-order valence-corrected chi connectivity index (χ0v) is 20.6. The Kier molecular flexibility index (Phi) is 7.51. The summed E-state index contributed by atoms with van der Waals surface area (Å²) in [4.78, 5) is 21.2. The summed E-state index contributed by atoms with van der Waals surface area (Å²) in [6.07, 6.45) is 1.29. The minimum absolute atomic E-state index is 0.110. The molecule has 4 aromatic rings. The predicted octanol–water partition coefficient (Wildman–Crippen LogP) is 7.67. The lowest BCUT2D eigenvalue weighted by atomic mass is 10.1. The van der Waals surface area contributed by atoms with Crippen LogP contribution in [0.1, 0.15) is 29.5 Å². The molecule has 3 nitrogen and oxygen atoms in total. The maximum absolute atomic E-state index is 13.3. The molecule has 3 aromatic carbocycles. The van der Waals surface area contributed by atoms with Gasteiger partial charge in [-0.15, -0.1) is 11.8 Å². The number of rotatable bonds is 8. The van der Waals surface area contributed by atoms with Crippen molar-refractivity contribution in [3.05, 3.63) is 88.4 Å². The maximum atomic E-state index is 13.3. The molecule has 32 heavy (non-hydrogen) atoms. The summed E-state index contributed by atoms with van der Waals surface area (Å²) in [5.41, 5.74) is 4.46. The van der Waals surface area contributed by atoms with E-state index in [1.54, 1.807) is 23.1 Å². The van der Waals surface area contributed by atoms with Gasteiger partial charge in [0, 0.05) is 16.3 Å². The maximum Gasteiger partial charge on any atom is 0.229 e. The highest BCUT2D eigenvalue weighted by atomic mass is 35.5. The monoisotopic (exact) mass is 480 g/mol. The Morgan fingerprint density at radius 1 is 1.06 bits per heavy atom. The van der Waals surface area contributed by atoms with E-state index in [1.165, 1.54) is 16.0 Å². The van der Waals surface area contributed by atoms with Gasteiger partial charge in [0.25, 0.3) is 0 Å². The quantitative estimate of drug-likeness (QED) is 0.191. The van der Waals surface area contributed by atoms with Crippen molar-refractivity contribution >= 4 is 56.0 Å². The molecule has 0 spiro atoms. The topological polar surface area (TPSA) is 33.2 Å². The van der Waals surface area contributed by atoms with Crippen LogP contribution in [-0.4, -0.2) is 16.6 Å². The van der Waals surface area contributed by atoms with Crippen LogP contribution in [0.5, 0.6) is 0 Å². The molecular formula is C26H25ClN2OS2. The first-order valence-corrected chi connectivity index (χ1v) is 12.8. The Morgan fingerprint density at radius 2 is 1.81 bits per heavy atom. The molecule has 1 aromatic heterocycles. The molecule has 0 aliphatic heterocycles. The number of thiazole rings is 1. The third-order valence-electron chi connectivity index (χ3n) is 5.14. The molecule has 1 heterocycles. The molecule has 0 aliphatic rings. The van der Waals surface area contributed by atoms with E-state index in [1.807, 2.05) is 47.4 Å². The SMILES string of the molecule is Cc1cc(C)c2sc(N(Cc3ccccc3)C(=O)CCCSc3ccc(Cl)cc3)nc2c1. The number of aromatic nitrogens is 1. The smallest absolute Gasteiger partial charge is 0.229 e. The van der Waals surface area contributed by atoms with Crippen molar-refractivity contribution in [1.29, 1.82) is 0 Å². The normalized spacial score (nSPS) is 11.1. The van der Waals surface area contributed by atoms with Crippen LogP contribution in [0, 0.1) is 13.8 Å². The first-order chi connectivity index (χ1) is 15.5. The van der Waals surface area contributed by atoms with Gasteiger partial charge in [0.15, 0.2) is 5.13 Å². The fourth-order valence-corrected chi connectivity index (χ4v) is 5.60. The number of fused-ring (bicyclic) bond motifs is 1. The lowest BCUT2D eigenvalue weighted by Crippen LogP contribution is -2.30. The molecule has 4 rings (SSSR count). The van der Waals surface area contributed by atoms with E-state index in [9.17, 15) is 4.79 Å². The van der Waals surface area contributed by atoms with E-state index in [0.29, 0.717) is 13.0 Å². The van der Waals surface area contributed by atoms with Crippen molar-refractivity contribution in [2.24, 2.45) is 0 Å². The van der Waals surface area contributed by atoms with Crippen molar-refractivity contribution < 1.29 is 4.79 Å². The molecule has 0 saturated heterocycles. The standard InChI is InChI=1S/C26H25ClN2OS2/c1-18-15-19(2)25-23(16-18)28-26(32-25)29(17-20-7-4-3-5-8-20)24(30)9-6-14-31-22-12-10-21(27)11-13-22/h3-5,7-8,10-13,15-16H,6,9,14,17H2,1-2H3. The van der Waals surface area contributed by atoms with E-state index < -0.39 is 0 Å². The second-order valence-corrected chi connectivity index (χ2v) is 10.4. The average molecular weight is 481 g/mol.